The average molecular weight is 292 g/mol. The third-order valence-corrected chi connectivity index (χ3v) is 3.52. The molecule has 1 aromatic carbocycles. The maximum absolute atomic E-state index is 11.9. The van der Waals surface area contributed by atoms with Gasteiger partial charge in [-0.05, 0) is 44.0 Å². The number of rotatable bonds is 7. The molecule has 0 saturated carbocycles. The highest BCUT2D eigenvalue weighted by atomic mass is 16.5. The number of nitrogens with zero attached hydrogens (tertiary/aromatic N) is 1. The van der Waals surface area contributed by atoms with Crippen LogP contribution in [0.25, 0.3) is 0 Å². The van der Waals surface area contributed by atoms with Crippen molar-refractivity contribution >= 4 is 11.6 Å². The summed E-state index contributed by atoms with van der Waals surface area (Å²) in [6.07, 6.45) is 2.31. The Morgan fingerprint density at radius 1 is 1.43 bits per heavy atom. The van der Waals surface area contributed by atoms with E-state index in [1.165, 1.54) is 0 Å². The Labute approximate surface area is 126 Å². The molecule has 0 aliphatic carbocycles. The number of carbonyl (C=O) groups is 1. The van der Waals surface area contributed by atoms with Crippen molar-refractivity contribution < 1.29 is 14.3 Å². The fourth-order valence-corrected chi connectivity index (χ4v) is 2.36. The second-order valence-electron chi connectivity index (χ2n) is 5.22. The smallest absolute Gasteiger partial charge is 0.239 e. The fraction of sp³-hybridized carbons (Fsp3) is 0.562. The first-order chi connectivity index (χ1) is 10.2. The van der Waals surface area contributed by atoms with Crippen LogP contribution in [-0.4, -0.2) is 45.4 Å². The molecule has 1 aliphatic rings. The third-order valence-electron chi connectivity index (χ3n) is 3.52. The summed E-state index contributed by atoms with van der Waals surface area (Å²) in [6.45, 7) is 4.36. The van der Waals surface area contributed by atoms with E-state index in [1.54, 1.807) is 0 Å². The van der Waals surface area contributed by atoms with E-state index in [0.717, 1.165) is 30.9 Å². The standard InChI is InChI=1S/C16H24N2O3/c1-3-20-14-8-6-13(7-9-14)18(2)12-16(19)17-11-15-5-4-10-21-15/h6-9,15H,3-5,10-12H2,1-2H3,(H,17,19)/t15-/m0/s1. The van der Waals surface area contributed by atoms with Crippen molar-refractivity contribution in [2.75, 3.05) is 38.3 Å². The van der Waals surface area contributed by atoms with Gasteiger partial charge < -0.3 is 19.7 Å². The van der Waals surface area contributed by atoms with Gasteiger partial charge >= 0.3 is 0 Å². The summed E-state index contributed by atoms with van der Waals surface area (Å²) in [6, 6.07) is 7.75. The molecule has 2 rings (SSSR count). The summed E-state index contributed by atoms with van der Waals surface area (Å²) in [4.78, 5) is 13.8. The summed E-state index contributed by atoms with van der Waals surface area (Å²) in [5.74, 6) is 0.861. The lowest BCUT2D eigenvalue weighted by Gasteiger charge is -2.20. The maximum Gasteiger partial charge on any atom is 0.239 e. The Morgan fingerprint density at radius 2 is 2.19 bits per heavy atom. The number of hydrogen-bond donors (Lipinski definition) is 1. The van der Waals surface area contributed by atoms with Gasteiger partial charge in [0, 0.05) is 25.9 Å². The molecule has 1 saturated heterocycles. The molecule has 0 aromatic heterocycles. The zero-order valence-corrected chi connectivity index (χ0v) is 12.8. The first-order valence-electron chi connectivity index (χ1n) is 7.51. The van der Waals surface area contributed by atoms with Crippen molar-refractivity contribution in [2.45, 2.75) is 25.9 Å². The van der Waals surface area contributed by atoms with Gasteiger partial charge in [0.25, 0.3) is 0 Å². The first kappa shape index (κ1) is 15.6. The Hall–Kier alpha value is -1.75. The van der Waals surface area contributed by atoms with Gasteiger partial charge in [0.2, 0.25) is 5.91 Å². The molecule has 1 heterocycles. The molecule has 5 nitrogen and oxygen atoms in total. The SMILES string of the molecule is CCOc1ccc(N(C)CC(=O)NC[C@@H]2CCCO2)cc1. The highest BCUT2D eigenvalue weighted by molar-refractivity contribution is 5.81. The van der Waals surface area contributed by atoms with Gasteiger partial charge in [0.15, 0.2) is 0 Å². The van der Waals surface area contributed by atoms with E-state index in [0.29, 0.717) is 19.7 Å². The highest BCUT2D eigenvalue weighted by Crippen LogP contribution is 2.18. The maximum atomic E-state index is 11.9. The van der Waals surface area contributed by atoms with E-state index in [-0.39, 0.29) is 12.0 Å². The summed E-state index contributed by atoms with van der Waals surface area (Å²) >= 11 is 0. The number of hydrogen-bond acceptors (Lipinski definition) is 4. The lowest BCUT2D eigenvalue weighted by atomic mass is 10.2. The Morgan fingerprint density at radius 3 is 2.81 bits per heavy atom. The zero-order chi connectivity index (χ0) is 15.1. The molecular formula is C16H24N2O3. The van der Waals surface area contributed by atoms with Crippen LogP contribution in [0, 0.1) is 0 Å². The minimum atomic E-state index is 0.0156. The zero-order valence-electron chi connectivity index (χ0n) is 12.8. The van der Waals surface area contributed by atoms with Crippen molar-refractivity contribution in [1.82, 2.24) is 5.32 Å². The third kappa shape index (κ3) is 4.93. The number of benzene rings is 1. The van der Waals surface area contributed by atoms with Crippen LogP contribution < -0.4 is 15.0 Å². The van der Waals surface area contributed by atoms with E-state index >= 15 is 0 Å². The van der Waals surface area contributed by atoms with Crippen LogP contribution in [-0.2, 0) is 9.53 Å². The Bertz CT molecular complexity index is 441. The van der Waals surface area contributed by atoms with Gasteiger partial charge in [-0.1, -0.05) is 0 Å². The second-order valence-corrected chi connectivity index (χ2v) is 5.22. The minimum absolute atomic E-state index is 0.0156. The fourth-order valence-electron chi connectivity index (χ4n) is 2.36. The van der Waals surface area contributed by atoms with Crippen LogP contribution in [0.1, 0.15) is 19.8 Å². The van der Waals surface area contributed by atoms with E-state index in [1.807, 2.05) is 43.1 Å². The summed E-state index contributed by atoms with van der Waals surface area (Å²) in [5.41, 5.74) is 0.991. The molecular weight excluding hydrogens is 268 g/mol. The molecule has 1 fully saturated rings. The molecule has 0 bridgehead atoms. The van der Waals surface area contributed by atoms with Crippen LogP contribution in [0.4, 0.5) is 5.69 Å². The predicted molar refractivity (Wildman–Crippen MR) is 82.9 cm³/mol. The molecule has 1 atom stereocenters. The second kappa shape index (κ2) is 7.88. The van der Waals surface area contributed by atoms with Crippen LogP contribution >= 0.6 is 0 Å². The molecule has 0 unspecified atom stereocenters. The summed E-state index contributed by atoms with van der Waals surface area (Å²) in [5, 5.41) is 2.93. The van der Waals surface area contributed by atoms with Crippen molar-refractivity contribution in [3.05, 3.63) is 24.3 Å². The molecule has 116 valence electrons. The lowest BCUT2D eigenvalue weighted by molar-refractivity contribution is -0.120. The van der Waals surface area contributed by atoms with Crippen molar-refractivity contribution in [3.63, 3.8) is 0 Å². The van der Waals surface area contributed by atoms with E-state index in [2.05, 4.69) is 5.32 Å². The van der Waals surface area contributed by atoms with Crippen LogP contribution in [0.2, 0.25) is 0 Å². The number of nitrogens with one attached hydrogen (secondary N) is 1. The van der Waals surface area contributed by atoms with E-state index < -0.39 is 0 Å². The Balaban J connectivity index is 1.76. The van der Waals surface area contributed by atoms with Crippen LogP contribution in [0.5, 0.6) is 5.75 Å². The number of likely N-dealkylation sites (N-methyl/N-ethyl adjacent to an activating group) is 1. The highest BCUT2D eigenvalue weighted by Gasteiger charge is 2.16. The Kier molecular flexibility index (Phi) is 5.87. The largest absolute Gasteiger partial charge is 0.494 e. The molecule has 1 aliphatic heterocycles. The van der Waals surface area contributed by atoms with Gasteiger partial charge in [-0.2, -0.15) is 0 Å². The summed E-state index contributed by atoms with van der Waals surface area (Å²) in [7, 11) is 1.90. The van der Waals surface area contributed by atoms with Crippen LogP contribution in [0.3, 0.4) is 0 Å². The molecule has 1 amide bonds. The number of ether oxygens (including phenoxy) is 2. The summed E-state index contributed by atoms with van der Waals surface area (Å²) < 4.78 is 10.9. The number of amides is 1. The van der Waals surface area contributed by atoms with Gasteiger partial charge in [-0.3, -0.25) is 4.79 Å². The molecule has 21 heavy (non-hydrogen) atoms. The molecule has 0 radical (unpaired) electrons. The molecule has 1 N–H and O–H groups in total. The molecule has 5 heteroatoms. The van der Waals surface area contributed by atoms with Crippen LogP contribution in [0.15, 0.2) is 24.3 Å². The molecule has 1 aromatic rings. The minimum Gasteiger partial charge on any atom is -0.494 e. The average Bonchev–Trinajstić information content (AvgIpc) is 2.99. The van der Waals surface area contributed by atoms with Crippen molar-refractivity contribution in [3.8, 4) is 5.75 Å². The van der Waals surface area contributed by atoms with Gasteiger partial charge in [-0.25, -0.2) is 0 Å². The quantitative estimate of drug-likeness (QED) is 0.833. The predicted octanol–water partition coefficient (Wildman–Crippen LogP) is 1.82. The monoisotopic (exact) mass is 292 g/mol. The lowest BCUT2D eigenvalue weighted by Crippen LogP contribution is -2.38. The number of carbonyl (C=O) groups excluding carboxylic acids is 1. The van der Waals surface area contributed by atoms with Crippen molar-refractivity contribution in [2.24, 2.45) is 0 Å². The molecule has 0 spiro atoms. The normalized spacial score (nSPS) is 17.5. The first-order valence-corrected chi connectivity index (χ1v) is 7.51. The van der Waals surface area contributed by atoms with E-state index in [4.69, 9.17) is 9.47 Å². The van der Waals surface area contributed by atoms with Gasteiger partial charge in [-0.15, -0.1) is 0 Å². The van der Waals surface area contributed by atoms with E-state index in [9.17, 15) is 4.79 Å². The van der Waals surface area contributed by atoms with Gasteiger partial charge in [0.1, 0.15) is 5.75 Å². The van der Waals surface area contributed by atoms with Crippen molar-refractivity contribution in [1.29, 1.82) is 0 Å². The topological polar surface area (TPSA) is 50.8 Å². The van der Waals surface area contributed by atoms with Gasteiger partial charge in [0.05, 0.1) is 19.3 Å². The number of anilines is 1.